The van der Waals surface area contributed by atoms with Gasteiger partial charge in [0.05, 0.1) is 37.6 Å². The molecule has 0 bridgehead atoms. The molecule has 0 aromatic heterocycles. The van der Waals surface area contributed by atoms with Gasteiger partial charge in [-0.25, -0.2) is 13.8 Å². The zero-order valence-electron chi connectivity index (χ0n) is 21.2. The molecule has 0 unspecified atom stereocenters. The summed E-state index contributed by atoms with van der Waals surface area (Å²) >= 11 is 3.40. The van der Waals surface area contributed by atoms with Crippen molar-refractivity contribution in [3.63, 3.8) is 0 Å². The first-order valence-corrected chi connectivity index (χ1v) is 14.0. The summed E-state index contributed by atoms with van der Waals surface area (Å²) in [5, 5.41) is 4.03. The highest BCUT2D eigenvalue weighted by atomic mass is 79.9. The van der Waals surface area contributed by atoms with E-state index in [-0.39, 0.29) is 11.4 Å². The Hall–Kier alpha value is -4.15. The monoisotopic (exact) mass is 607 g/mol. The maximum atomic E-state index is 13.6. The molecule has 0 saturated carbocycles. The summed E-state index contributed by atoms with van der Waals surface area (Å²) in [4.78, 5) is 12.8. The Bertz CT molecular complexity index is 1560. The highest BCUT2D eigenvalue weighted by molar-refractivity contribution is 9.10. The van der Waals surface area contributed by atoms with Crippen molar-refractivity contribution in [2.75, 3.05) is 18.5 Å². The Morgan fingerprint density at radius 2 is 1.62 bits per heavy atom. The Labute approximate surface area is 236 Å². The van der Waals surface area contributed by atoms with Crippen LogP contribution in [0.5, 0.6) is 11.5 Å². The third-order valence-electron chi connectivity index (χ3n) is 5.80. The molecule has 39 heavy (non-hydrogen) atoms. The van der Waals surface area contributed by atoms with Crippen LogP contribution in [0.25, 0.3) is 0 Å². The van der Waals surface area contributed by atoms with Crippen LogP contribution in [0.15, 0.2) is 112 Å². The van der Waals surface area contributed by atoms with E-state index in [1.807, 2.05) is 12.1 Å². The Kier molecular flexibility index (Phi) is 9.00. The van der Waals surface area contributed by atoms with E-state index in [9.17, 15) is 13.2 Å². The van der Waals surface area contributed by atoms with Crippen molar-refractivity contribution in [2.45, 2.75) is 11.4 Å². The topological polar surface area (TPSA) is 97.3 Å². The fourth-order valence-corrected chi connectivity index (χ4v) is 5.59. The standard InChI is InChI=1S/C29H26BrN3O5S/c1-37-26-15-13-25(14-16-26)33(39(35,36)27-6-4-3-5-7-27)20-21-8-10-22(11-9-21)29(34)32-31-19-23-18-24(30)12-17-28(23)38-2/h3-19H,20H2,1-2H3,(H,32,34)/b31-19-. The molecule has 0 spiro atoms. The van der Waals surface area contributed by atoms with Gasteiger partial charge in [-0.1, -0.05) is 46.3 Å². The molecule has 4 aromatic carbocycles. The lowest BCUT2D eigenvalue weighted by Crippen LogP contribution is -2.30. The maximum absolute atomic E-state index is 13.6. The molecule has 4 aromatic rings. The zero-order chi connectivity index (χ0) is 27.8. The second-order valence-electron chi connectivity index (χ2n) is 8.31. The number of hydrogen-bond donors (Lipinski definition) is 1. The fourth-order valence-electron chi connectivity index (χ4n) is 3.74. The van der Waals surface area contributed by atoms with Crippen molar-refractivity contribution in [3.05, 3.63) is 118 Å². The van der Waals surface area contributed by atoms with Gasteiger partial charge in [0.2, 0.25) is 0 Å². The van der Waals surface area contributed by atoms with Gasteiger partial charge >= 0.3 is 0 Å². The predicted octanol–water partition coefficient (Wildman–Crippen LogP) is 5.63. The van der Waals surface area contributed by atoms with E-state index in [2.05, 4.69) is 26.5 Å². The minimum atomic E-state index is -3.87. The van der Waals surface area contributed by atoms with Crippen molar-refractivity contribution < 1.29 is 22.7 Å². The zero-order valence-corrected chi connectivity index (χ0v) is 23.6. The molecule has 200 valence electrons. The summed E-state index contributed by atoms with van der Waals surface area (Å²) in [5.74, 6) is 0.829. The van der Waals surface area contributed by atoms with E-state index in [4.69, 9.17) is 9.47 Å². The van der Waals surface area contributed by atoms with Gasteiger partial charge in [0.1, 0.15) is 11.5 Å². The molecule has 1 amide bonds. The molecular weight excluding hydrogens is 582 g/mol. The molecule has 4 rings (SSSR count). The second-order valence-corrected chi connectivity index (χ2v) is 11.1. The number of benzene rings is 4. The minimum Gasteiger partial charge on any atom is -0.497 e. The second kappa shape index (κ2) is 12.6. The number of carbonyl (C=O) groups excluding carboxylic acids is 1. The fraction of sp³-hybridized carbons (Fsp3) is 0.103. The van der Waals surface area contributed by atoms with Crippen molar-refractivity contribution in [3.8, 4) is 11.5 Å². The van der Waals surface area contributed by atoms with Crippen LogP contribution in [-0.2, 0) is 16.6 Å². The van der Waals surface area contributed by atoms with Crippen LogP contribution in [-0.4, -0.2) is 34.8 Å². The van der Waals surface area contributed by atoms with Crippen LogP contribution < -0.4 is 19.2 Å². The van der Waals surface area contributed by atoms with Crippen molar-refractivity contribution in [2.24, 2.45) is 5.10 Å². The lowest BCUT2D eigenvalue weighted by Gasteiger charge is -2.25. The summed E-state index contributed by atoms with van der Waals surface area (Å²) < 4.78 is 39.8. The lowest BCUT2D eigenvalue weighted by molar-refractivity contribution is 0.0955. The number of amides is 1. The van der Waals surface area contributed by atoms with Crippen molar-refractivity contribution >= 4 is 43.8 Å². The van der Waals surface area contributed by atoms with E-state index in [0.717, 1.165) is 4.47 Å². The number of rotatable bonds is 10. The third-order valence-corrected chi connectivity index (χ3v) is 8.08. The largest absolute Gasteiger partial charge is 0.497 e. The molecule has 0 aliphatic carbocycles. The molecule has 0 atom stereocenters. The van der Waals surface area contributed by atoms with E-state index >= 15 is 0 Å². The highest BCUT2D eigenvalue weighted by Crippen LogP contribution is 2.28. The summed E-state index contributed by atoms with van der Waals surface area (Å²) in [6.07, 6.45) is 1.50. The summed E-state index contributed by atoms with van der Waals surface area (Å²) in [5.41, 5.74) is 4.75. The number of anilines is 1. The number of halogens is 1. The first-order chi connectivity index (χ1) is 18.8. The van der Waals surface area contributed by atoms with Gasteiger partial charge in [-0.2, -0.15) is 5.10 Å². The van der Waals surface area contributed by atoms with Crippen LogP contribution >= 0.6 is 15.9 Å². The van der Waals surface area contributed by atoms with E-state index in [1.54, 1.807) is 99.1 Å². The van der Waals surface area contributed by atoms with E-state index < -0.39 is 15.9 Å². The van der Waals surface area contributed by atoms with Gasteiger partial charge in [-0.15, -0.1) is 0 Å². The first kappa shape index (κ1) is 27.9. The van der Waals surface area contributed by atoms with Gasteiger partial charge in [-0.3, -0.25) is 9.10 Å². The highest BCUT2D eigenvalue weighted by Gasteiger charge is 2.25. The number of nitrogens with one attached hydrogen (secondary N) is 1. The quantitative estimate of drug-likeness (QED) is 0.186. The lowest BCUT2D eigenvalue weighted by atomic mass is 10.1. The minimum absolute atomic E-state index is 0.0618. The van der Waals surface area contributed by atoms with Gasteiger partial charge in [0.25, 0.3) is 15.9 Å². The average molecular weight is 609 g/mol. The molecule has 0 saturated heterocycles. The molecule has 0 aliphatic heterocycles. The van der Waals surface area contributed by atoms with E-state index in [0.29, 0.717) is 33.9 Å². The van der Waals surface area contributed by atoms with Gasteiger partial charge in [0.15, 0.2) is 0 Å². The number of ether oxygens (including phenoxy) is 2. The summed E-state index contributed by atoms with van der Waals surface area (Å²) in [6.45, 7) is 0.0618. The Balaban J connectivity index is 1.52. The molecule has 0 heterocycles. The number of hydrogen-bond acceptors (Lipinski definition) is 6. The maximum Gasteiger partial charge on any atom is 0.271 e. The first-order valence-electron chi connectivity index (χ1n) is 11.8. The molecular formula is C29H26BrN3O5S. The third kappa shape index (κ3) is 6.84. The van der Waals surface area contributed by atoms with Crippen LogP contribution in [0.3, 0.4) is 0 Å². The Morgan fingerprint density at radius 3 is 2.26 bits per heavy atom. The van der Waals surface area contributed by atoms with Gasteiger partial charge in [-0.05, 0) is 72.3 Å². The molecule has 10 heteroatoms. The number of methoxy groups -OCH3 is 2. The van der Waals surface area contributed by atoms with Crippen LogP contribution in [0, 0.1) is 0 Å². The number of nitrogens with zero attached hydrogens (tertiary/aromatic N) is 2. The van der Waals surface area contributed by atoms with Crippen LogP contribution in [0.2, 0.25) is 0 Å². The van der Waals surface area contributed by atoms with Crippen LogP contribution in [0.1, 0.15) is 21.5 Å². The normalized spacial score (nSPS) is 11.3. The summed E-state index contributed by atoms with van der Waals surface area (Å²) in [7, 11) is -0.758. The summed E-state index contributed by atoms with van der Waals surface area (Å²) in [6, 6.07) is 27.2. The Morgan fingerprint density at radius 1 is 0.923 bits per heavy atom. The average Bonchev–Trinajstić information content (AvgIpc) is 2.97. The van der Waals surface area contributed by atoms with Gasteiger partial charge in [0, 0.05) is 15.6 Å². The smallest absolute Gasteiger partial charge is 0.271 e. The van der Waals surface area contributed by atoms with Crippen molar-refractivity contribution in [1.29, 1.82) is 0 Å². The molecule has 1 N–H and O–H groups in total. The van der Waals surface area contributed by atoms with Crippen molar-refractivity contribution in [1.82, 2.24) is 5.43 Å². The molecule has 0 aliphatic rings. The predicted molar refractivity (Wildman–Crippen MR) is 155 cm³/mol. The van der Waals surface area contributed by atoms with Crippen LogP contribution in [0.4, 0.5) is 5.69 Å². The van der Waals surface area contributed by atoms with Gasteiger partial charge < -0.3 is 9.47 Å². The number of carbonyl (C=O) groups is 1. The van der Waals surface area contributed by atoms with E-state index in [1.165, 1.54) is 10.5 Å². The number of sulfonamides is 1. The number of hydrazone groups is 1. The molecule has 8 nitrogen and oxygen atoms in total. The SMILES string of the molecule is COc1ccc(N(Cc2ccc(C(=O)N/N=C\c3cc(Br)ccc3OC)cc2)S(=O)(=O)c2ccccc2)cc1. The molecule has 0 fully saturated rings. The molecule has 0 radical (unpaired) electrons.